The number of fused-ring (bicyclic) bond motifs is 1. The molecule has 1 saturated carbocycles. The van der Waals surface area contributed by atoms with Crippen LogP contribution < -0.4 is 10.9 Å². The summed E-state index contributed by atoms with van der Waals surface area (Å²) in [4.78, 5) is 24.0. The van der Waals surface area contributed by atoms with Crippen molar-refractivity contribution in [3.8, 4) is 22.5 Å². The van der Waals surface area contributed by atoms with Crippen LogP contribution in [0.15, 0.2) is 76.1 Å². The highest BCUT2D eigenvalue weighted by atomic mass is 16.4. The number of furan rings is 1. The Balaban J connectivity index is 1.66. The van der Waals surface area contributed by atoms with Crippen LogP contribution in [0.3, 0.4) is 0 Å². The van der Waals surface area contributed by atoms with E-state index in [0.717, 1.165) is 46.9 Å². The molecule has 2 heterocycles. The van der Waals surface area contributed by atoms with Crippen molar-refractivity contribution in [3.63, 3.8) is 0 Å². The molecule has 1 aliphatic rings. The average Bonchev–Trinajstić information content (AvgIpc) is 3.14. The summed E-state index contributed by atoms with van der Waals surface area (Å²) in [6.45, 7) is 0. The van der Waals surface area contributed by atoms with Crippen molar-refractivity contribution >= 4 is 17.1 Å². The van der Waals surface area contributed by atoms with Gasteiger partial charge in [0.05, 0.1) is 5.54 Å². The summed E-state index contributed by atoms with van der Waals surface area (Å²) in [6.07, 6.45) is 3.30. The van der Waals surface area contributed by atoms with Gasteiger partial charge in [-0.05, 0) is 36.5 Å². The van der Waals surface area contributed by atoms with Crippen LogP contribution in [0.2, 0.25) is 0 Å². The number of hydrogen-bond acceptors (Lipinski definition) is 3. The first kappa shape index (κ1) is 19.2. The molecule has 6 heteroatoms. The van der Waals surface area contributed by atoms with Crippen LogP contribution in [-0.4, -0.2) is 15.8 Å². The van der Waals surface area contributed by atoms with Crippen molar-refractivity contribution < 1.29 is 14.3 Å². The van der Waals surface area contributed by atoms with E-state index in [1.807, 2.05) is 60.7 Å². The number of nitrogens with zero attached hydrogens (tertiary/aromatic N) is 1. The molecule has 0 bridgehead atoms. The number of pyridine rings is 1. The van der Waals surface area contributed by atoms with Crippen LogP contribution in [0.1, 0.15) is 24.8 Å². The normalized spacial score (nSPS) is 14.9. The molecule has 2 N–H and O–H groups in total. The highest BCUT2D eigenvalue weighted by molar-refractivity contribution is 6.01. The number of aryl methyl sites for hydroxylation is 1. The molecule has 31 heavy (non-hydrogen) atoms. The summed E-state index contributed by atoms with van der Waals surface area (Å²) in [5.41, 5.74) is 3.25. The van der Waals surface area contributed by atoms with Crippen LogP contribution in [0.25, 0.3) is 33.4 Å². The topological polar surface area (TPSA) is 84.5 Å². The Hall–Kier alpha value is -3.80. The van der Waals surface area contributed by atoms with Gasteiger partial charge in [-0.3, -0.25) is 4.79 Å². The van der Waals surface area contributed by atoms with Crippen molar-refractivity contribution in [2.45, 2.75) is 24.8 Å². The second kappa shape index (κ2) is 7.16. The molecule has 4 aromatic rings. The lowest BCUT2D eigenvalue weighted by molar-refractivity contribution is 0.144. The van der Waals surface area contributed by atoms with Crippen molar-refractivity contribution in [1.82, 2.24) is 9.88 Å². The monoisotopic (exact) mass is 414 g/mol. The summed E-state index contributed by atoms with van der Waals surface area (Å²) in [5, 5.41) is 12.7. The third kappa shape index (κ3) is 3.11. The molecule has 0 saturated heterocycles. The van der Waals surface area contributed by atoms with E-state index >= 15 is 0 Å². The fourth-order valence-corrected chi connectivity index (χ4v) is 4.43. The Morgan fingerprint density at radius 1 is 1.03 bits per heavy atom. The SMILES string of the molecule is Cn1ccc2c(-c3ccccc3)c(-c3ccc(C4(NC(=O)O)CCC4)cc3)oc2c1=O. The minimum atomic E-state index is -1.01. The van der Waals surface area contributed by atoms with E-state index in [-0.39, 0.29) is 5.56 Å². The first-order chi connectivity index (χ1) is 15.0. The minimum Gasteiger partial charge on any atom is -0.465 e. The molecule has 1 amide bonds. The zero-order valence-electron chi connectivity index (χ0n) is 17.1. The highest BCUT2D eigenvalue weighted by Gasteiger charge is 2.40. The standard InChI is InChI=1S/C25H22N2O4/c1-27-15-12-19-20(16-6-3-2-4-7-16)21(31-22(19)23(27)28)17-8-10-18(11-9-17)25(13-5-14-25)26-24(29)30/h2-4,6-12,15,26H,5,13-14H2,1H3,(H,29,30). The number of aromatic nitrogens is 1. The molecular weight excluding hydrogens is 392 g/mol. The Morgan fingerprint density at radius 3 is 2.35 bits per heavy atom. The summed E-state index contributed by atoms with van der Waals surface area (Å²) in [7, 11) is 1.70. The second-order valence-electron chi connectivity index (χ2n) is 8.09. The molecule has 1 fully saturated rings. The quantitative estimate of drug-likeness (QED) is 0.486. The minimum absolute atomic E-state index is 0.184. The molecule has 5 rings (SSSR count). The first-order valence-electron chi connectivity index (χ1n) is 10.3. The maximum Gasteiger partial charge on any atom is 0.405 e. The van der Waals surface area contributed by atoms with Crippen molar-refractivity contribution in [2.24, 2.45) is 7.05 Å². The number of nitrogens with one attached hydrogen (secondary N) is 1. The molecule has 2 aromatic carbocycles. The molecule has 0 atom stereocenters. The fourth-order valence-electron chi connectivity index (χ4n) is 4.43. The highest BCUT2D eigenvalue weighted by Crippen LogP contribution is 2.43. The molecule has 6 nitrogen and oxygen atoms in total. The van der Waals surface area contributed by atoms with Crippen LogP contribution in [0, 0.1) is 0 Å². The number of carboxylic acid groups (broad SMARTS) is 1. The van der Waals surface area contributed by atoms with Crippen LogP contribution in [-0.2, 0) is 12.6 Å². The Labute approximate surface area is 178 Å². The number of amides is 1. The Morgan fingerprint density at radius 2 is 1.74 bits per heavy atom. The van der Waals surface area contributed by atoms with E-state index in [9.17, 15) is 14.7 Å². The van der Waals surface area contributed by atoms with Crippen LogP contribution in [0.5, 0.6) is 0 Å². The summed E-state index contributed by atoms with van der Waals surface area (Å²) in [6, 6.07) is 19.5. The zero-order valence-corrected chi connectivity index (χ0v) is 17.1. The lowest BCUT2D eigenvalue weighted by atomic mass is 9.72. The van der Waals surface area contributed by atoms with E-state index in [1.54, 1.807) is 13.2 Å². The summed E-state index contributed by atoms with van der Waals surface area (Å²) in [5.74, 6) is 0.630. The molecule has 156 valence electrons. The van der Waals surface area contributed by atoms with Gasteiger partial charge in [0, 0.05) is 29.8 Å². The van der Waals surface area contributed by atoms with Gasteiger partial charge in [0.1, 0.15) is 5.76 Å². The predicted octanol–water partition coefficient (Wildman–Crippen LogP) is 5.11. The van der Waals surface area contributed by atoms with Gasteiger partial charge in [-0.25, -0.2) is 4.79 Å². The summed E-state index contributed by atoms with van der Waals surface area (Å²) >= 11 is 0. The predicted molar refractivity (Wildman–Crippen MR) is 119 cm³/mol. The van der Waals surface area contributed by atoms with Crippen LogP contribution >= 0.6 is 0 Å². The lowest BCUT2D eigenvalue weighted by Crippen LogP contribution is -2.50. The fraction of sp³-hybridized carbons (Fsp3) is 0.200. The first-order valence-corrected chi connectivity index (χ1v) is 10.3. The van der Waals surface area contributed by atoms with Crippen molar-refractivity contribution in [3.05, 3.63) is 82.8 Å². The average molecular weight is 414 g/mol. The van der Waals surface area contributed by atoms with E-state index < -0.39 is 11.6 Å². The van der Waals surface area contributed by atoms with Gasteiger partial charge in [-0.2, -0.15) is 0 Å². The van der Waals surface area contributed by atoms with E-state index in [2.05, 4.69) is 5.32 Å². The van der Waals surface area contributed by atoms with Gasteiger partial charge in [0.15, 0.2) is 0 Å². The van der Waals surface area contributed by atoms with Gasteiger partial charge in [-0.15, -0.1) is 0 Å². The second-order valence-corrected chi connectivity index (χ2v) is 8.09. The van der Waals surface area contributed by atoms with Crippen molar-refractivity contribution in [2.75, 3.05) is 0 Å². The maximum atomic E-state index is 12.7. The number of rotatable bonds is 4. The van der Waals surface area contributed by atoms with Gasteiger partial charge >= 0.3 is 6.09 Å². The van der Waals surface area contributed by atoms with E-state index in [0.29, 0.717) is 11.3 Å². The number of hydrogen-bond donors (Lipinski definition) is 2. The smallest absolute Gasteiger partial charge is 0.405 e. The van der Waals surface area contributed by atoms with Gasteiger partial charge in [0.25, 0.3) is 5.56 Å². The third-order valence-electron chi connectivity index (χ3n) is 6.24. The molecular formula is C25H22N2O4. The molecule has 2 aromatic heterocycles. The van der Waals surface area contributed by atoms with E-state index in [1.165, 1.54) is 4.57 Å². The third-order valence-corrected chi connectivity index (χ3v) is 6.24. The van der Waals surface area contributed by atoms with Gasteiger partial charge in [0.2, 0.25) is 5.58 Å². The zero-order chi connectivity index (χ0) is 21.6. The van der Waals surface area contributed by atoms with Gasteiger partial charge < -0.3 is 19.4 Å². The summed E-state index contributed by atoms with van der Waals surface area (Å²) < 4.78 is 7.64. The molecule has 0 radical (unpaired) electrons. The van der Waals surface area contributed by atoms with Crippen molar-refractivity contribution in [1.29, 1.82) is 0 Å². The largest absolute Gasteiger partial charge is 0.465 e. The Kier molecular flexibility index (Phi) is 4.43. The molecule has 0 spiro atoms. The van der Waals surface area contributed by atoms with Gasteiger partial charge in [-0.1, -0.05) is 54.6 Å². The maximum absolute atomic E-state index is 12.7. The molecule has 0 unspecified atom stereocenters. The van der Waals surface area contributed by atoms with E-state index in [4.69, 9.17) is 4.42 Å². The van der Waals surface area contributed by atoms with Crippen LogP contribution in [0.4, 0.5) is 4.79 Å². The molecule has 0 aliphatic heterocycles. The molecule has 1 aliphatic carbocycles. The number of benzene rings is 2. The number of carbonyl (C=O) groups is 1. The Bertz CT molecular complexity index is 1330. The lowest BCUT2D eigenvalue weighted by Gasteiger charge is -2.42.